The lowest BCUT2D eigenvalue weighted by Gasteiger charge is -2.35. The highest BCUT2D eigenvalue weighted by atomic mass is 35.5. The van der Waals surface area contributed by atoms with Gasteiger partial charge in [0.05, 0.1) is 18.3 Å². The maximum Gasteiger partial charge on any atom is 0.328 e. The number of fused-ring (bicyclic) bond motifs is 1. The second-order valence-corrected chi connectivity index (χ2v) is 7.38. The number of esters is 1. The van der Waals surface area contributed by atoms with Crippen molar-refractivity contribution in [2.75, 3.05) is 7.11 Å². The Morgan fingerprint density at radius 2 is 1.97 bits per heavy atom. The van der Waals surface area contributed by atoms with Crippen molar-refractivity contribution in [3.63, 3.8) is 0 Å². The van der Waals surface area contributed by atoms with Crippen molar-refractivity contribution in [1.82, 2.24) is 14.7 Å². The normalized spacial score (nSPS) is 15.4. The molecule has 2 aromatic carbocycles. The summed E-state index contributed by atoms with van der Waals surface area (Å²) in [5.74, 6) is -0.173. The fourth-order valence-corrected chi connectivity index (χ4v) is 3.67. The molecule has 7 nitrogen and oxygen atoms in total. The summed E-state index contributed by atoms with van der Waals surface area (Å²) in [5.41, 5.74) is 2.50. The molecule has 154 valence electrons. The molecule has 8 heteroatoms. The van der Waals surface area contributed by atoms with E-state index in [9.17, 15) is 9.59 Å². The highest BCUT2D eigenvalue weighted by Crippen LogP contribution is 2.26. The summed E-state index contributed by atoms with van der Waals surface area (Å²) in [5, 5.41) is 4.57. The Bertz CT molecular complexity index is 1080. The summed E-state index contributed by atoms with van der Waals surface area (Å²) in [7, 11) is 1.33. The van der Waals surface area contributed by atoms with E-state index >= 15 is 0 Å². The Morgan fingerprint density at radius 1 is 1.17 bits per heavy atom. The zero-order chi connectivity index (χ0) is 21.1. The van der Waals surface area contributed by atoms with Crippen molar-refractivity contribution >= 4 is 23.5 Å². The minimum absolute atomic E-state index is 0.159. The predicted octanol–water partition coefficient (Wildman–Crippen LogP) is 3.31. The molecule has 1 atom stereocenters. The molecule has 1 amide bonds. The van der Waals surface area contributed by atoms with Gasteiger partial charge in [0.2, 0.25) is 0 Å². The van der Waals surface area contributed by atoms with Crippen LogP contribution in [0, 0.1) is 0 Å². The van der Waals surface area contributed by atoms with E-state index in [4.69, 9.17) is 21.1 Å². The van der Waals surface area contributed by atoms with Crippen LogP contribution < -0.4 is 4.74 Å². The van der Waals surface area contributed by atoms with Gasteiger partial charge in [-0.15, -0.1) is 0 Å². The van der Waals surface area contributed by atoms with Crippen LogP contribution in [0.1, 0.15) is 21.5 Å². The molecular weight excluding hydrogens is 406 g/mol. The van der Waals surface area contributed by atoms with Crippen LogP contribution in [0.3, 0.4) is 0 Å². The maximum atomic E-state index is 13.3. The Kier molecular flexibility index (Phi) is 5.72. The molecular formula is C22H20ClN3O4. The number of nitrogens with zero attached hydrogens (tertiary/aromatic N) is 3. The molecule has 0 N–H and O–H groups in total. The summed E-state index contributed by atoms with van der Waals surface area (Å²) in [6.07, 6.45) is 3.58. The van der Waals surface area contributed by atoms with Crippen LogP contribution in [-0.4, -0.2) is 39.7 Å². The van der Waals surface area contributed by atoms with Gasteiger partial charge in [0.25, 0.3) is 5.91 Å². The highest BCUT2D eigenvalue weighted by Gasteiger charge is 2.35. The first kappa shape index (κ1) is 20.0. The van der Waals surface area contributed by atoms with E-state index in [1.54, 1.807) is 40.0 Å². The van der Waals surface area contributed by atoms with Gasteiger partial charge in [-0.05, 0) is 29.3 Å². The van der Waals surface area contributed by atoms with Crippen molar-refractivity contribution in [3.8, 4) is 5.75 Å². The van der Waals surface area contributed by atoms with E-state index in [0.29, 0.717) is 29.3 Å². The van der Waals surface area contributed by atoms with Crippen molar-refractivity contribution < 1.29 is 19.1 Å². The smallest absolute Gasteiger partial charge is 0.328 e. The molecule has 3 aromatic rings. The third-order valence-corrected chi connectivity index (χ3v) is 5.22. The molecule has 1 aromatic heterocycles. The molecule has 1 aliphatic rings. The first-order chi connectivity index (χ1) is 14.5. The number of ether oxygens (including phenoxy) is 2. The average molecular weight is 426 g/mol. The molecule has 2 heterocycles. The van der Waals surface area contributed by atoms with Gasteiger partial charge in [-0.3, -0.25) is 4.79 Å². The van der Waals surface area contributed by atoms with E-state index in [1.165, 1.54) is 13.3 Å². The van der Waals surface area contributed by atoms with Gasteiger partial charge >= 0.3 is 5.97 Å². The monoisotopic (exact) mass is 425 g/mol. The second kappa shape index (κ2) is 8.59. The van der Waals surface area contributed by atoms with E-state index in [0.717, 1.165) is 11.1 Å². The lowest BCUT2D eigenvalue weighted by atomic mass is 9.93. The number of methoxy groups -OCH3 is 1. The summed E-state index contributed by atoms with van der Waals surface area (Å²) in [4.78, 5) is 27.2. The van der Waals surface area contributed by atoms with Gasteiger partial charge in [0.15, 0.2) is 6.73 Å². The molecule has 0 unspecified atom stereocenters. The first-order valence-electron chi connectivity index (χ1n) is 9.41. The lowest BCUT2D eigenvalue weighted by molar-refractivity contribution is -0.146. The number of hydrogen-bond acceptors (Lipinski definition) is 5. The average Bonchev–Trinajstić information content (AvgIpc) is 3.21. The zero-order valence-electron chi connectivity index (χ0n) is 16.3. The van der Waals surface area contributed by atoms with E-state index in [-0.39, 0.29) is 12.6 Å². The minimum atomic E-state index is -0.673. The molecule has 4 rings (SSSR count). The van der Waals surface area contributed by atoms with Crippen LogP contribution in [0.15, 0.2) is 60.9 Å². The Morgan fingerprint density at radius 3 is 2.70 bits per heavy atom. The molecule has 0 saturated carbocycles. The van der Waals surface area contributed by atoms with Crippen LogP contribution in [0.25, 0.3) is 0 Å². The van der Waals surface area contributed by atoms with Crippen molar-refractivity contribution in [1.29, 1.82) is 0 Å². The molecule has 1 aliphatic heterocycles. The number of hydrogen-bond donors (Lipinski definition) is 0. The third kappa shape index (κ3) is 4.16. The SMILES string of the molecule is COC(=O)[C@H]1Cc2ccccc2CN1C(=O)c1cccc(OCn2cc(Cl)cn2)c1. The van der Waals surface area contributed by atoms with Crippen molar-refractivity contribution in [2.24, 2.45) is 0 Å². The topological polar surface area (TPSA) is 73.7 Å². The van der Waals surface area contributed by atoms with E-state index in [1.807, 2.05) is 24.3 Å². The number of rotatable bonds is 5. The molecule has 0 spiro atoms. The van der Waals surface area contributed by atoms with Crippen LogP contribution in [-0.2, 0) is 29.2 Å². The van der Waals surface area contributed by atoms with E-state index < -0.39 is 12.0 Å². The lowest BCUT2D eigenvalue weighted by Crippen LogP contribution is -2.49. The maximum absolute atomic E-state index is 13.3. The molecule has 30 heavy (non-hydrogen) atoms. The van der Waals surface area contributed by atoms with Crippen molar-refractivity contribution in [3.05, 3.63) is 82.6 Å². The van der Waals surface area contributed by atoms with Gasteiger partial charge in [-0.1, -0.05) is 41.9 Å². The van der Waals surface area contributed by atoms with Gasteiger partial charge in [-0.2, -0.15) is 5.10 Å². The summed E-state index contributed by atoms with van der Waals surface area (Å²) in [6, 6.07) is 14.0. The molecule has 0 saturated heterocycles. The number of aromatic nitrogens is 2. The molecule has 0 radical (unpaired) electrons. The van der Waals surface area contributed by atoms with Crippen LogP contribution in [0.4, 0.5) is 0 Å². The van der Waals surface area contributed by atoms with Crippen LogP contribution >= 0.6 is 11.6 Å². The second-order valence-electron chi connectivity index (χ2n) is 6.94. The van der Waals surface area contributed by atoms with Crippen LogP contribution in [0.2, 0.25) is 5.02 Å². The van der Waals surface area contributed by atoms with Gasteiger partial charge < -0.3 is 14.4 Å². The third-order valence-electron chi connectivity index (χ3n) is 5.03. The largest absolute Gasteiger partial charge is 0.471 e. The first-order valence-corrected chi connectivity index (χ1v) is 9.79. The summed E-state index contributed by atoms with van der Waals surface area (Å²) in [6.45, 7) is 0.498. The molecule has 0 bridgehead atoms. The standard InChI is InChI=1S/C22H20ClN3O4/c1-29-22(28)20-10-15-5-2-3-6-17(15)12-26(20)21(27)16-7-4-8-19(9-16)30-14-25-13-18(23)11-24-25/h2-9,11,13,20H,10,12,14H2,1H3/t20-/m1/s1. The predicted molar refractivity (Wildman–Crippen MR) is 110 cm³/mol. The summed E-state index contributed by atoms with van der Waals surface area (Å²) >= 11 is 5.86. The minimum Gasteiger partial charge on any atom is -0.471 e. The Hall–Kier alpha value is -3.32. The van der Waals surface area contributed by atoms with Gasteiger partial charge in [0, 0.05) is 24.7 Å². The quantitative estimate of drug-likeness (QED) is 0.586. The number of benzene rings is 2. The summed E-state index contributed by atoms with van der Waals surface area (Å²) < 4.78 is 12.2. The van der Waals surface area contributed by atoms with Crippen LogP contribution in [0.5, 0.6) is 5.75 Å². The van der Waals surface area contributed by atoms with E-state index in [2.05, 4.69) is 5.10 Å². The molecule has 0 fully saturated rings. The number of amides is 1. The molecule has 0 aliphatic carbocycles. The van der Waals surface area contributed by atoms with Crippen molar-refractivity contribution in [2.45, 2.75) is 25.7 Å². The fraction of sp³-hybridized carbons (Fsp3) is 0.227. The fourth-order valence-electron chi connectivity index (χ4n) is 3.52. The Balaban J connectivity index is 1.55. The zero-order valence-corrected chi connectivity index (χ0v) is 17.1. The number of carbonyl (C=O) groups is 2. The van der Waals surface area contributed by atoms with Gasteiger partial charge in [0.1, 0.15) is 11.8 Å². The number of halogens is 1. The van der Waals surface area contributed by atoms with Gasteiger partial charge in [-0.25, -0.2) is 9.48 Å². The highest BCUT2D eigenvalue weighted by molar-refractivity contribution is 6.30. The Labute approximate surface area is 178 Å². The number of carbonyl (C=O) groups excluding carboxylic acids is 2.